The van der Waals surface area contributed by atoms with Crippen molar-refractivity contribution in [2.75, 3.05) is 0 Å². The van der Waals surface area contributed by atoms with Crippen LogP contribution < -0.4 is 19.7 Å². The number of benzene rings is 8. The van der Waals surface area contributed by atoms with Gasteiger partial charge in [-0.1, -0.05) is 182 Å². The highest BCUT2D eigenvalue weighted by atomic mass is 31.2. The summed E-state index contributed by atoms with van der Waals surface area (Å²) in [6.07, 6.45) is 0. The van der Waals surface area contributed by atoms with Crippen LogP contribution in [-0.4, -0.2) is 0 Å². The van der Waals surface area contributed by atoms with E-state index in [1.165, 1.54) is 0 Å². The lowest BCUT2D eigenvalue weighted by Crippen LogP contribution is -2.23. The minimum Gasteiger partial charge on any atom is -0.437 e. The molecule has 0 aliphatic carbocycles. The molecule has 10 rings (SSSR count). The average molecular weight is 823 g/mol. The van der Waals surface area contributed by atoms with Gasteiger partial charge < -0.3 is 18.5 Å². The highest BCUT2D eigenvalue weighted by molar-refractivity contribution is 7.68. The molecule has 0 spiro atoms. The van der Waals surface area contributed by atoms with Crippen LogP contribution in [-0.2, 0) is 31.8 Å². The second kappa shape index (κ2) is 16.1. The van der Waals surface area contributed by atoms with Crippen LogP contribution >= 0.6 is 14.7 Å². The summed E-state index contributed by atoms with van der Waals surface area (Å²) in [6.45, 7) is 0.506. The number of rotatable bonds is 11. The monoisotopic (exact) mass is 822 g/mol. The second-order valence-corrected chi connectivity index (χ2v) is 19.6. The van der Waals surface area contributed by atoms with Crippen molar-refractivity contribution in [2.24, 2.45) is 0 Å². The topological polar surface area (TPSA) is 71.1 Å². The van der Waals surface area contributed by atoms with E-state index in [0.717, 1.165) is 55.6 Å². The van der Waals surface area contributed by atoms with Crippen molar-refractivity contribution in [3.8, 4) is 44.9 Å². The summed E-state index contributed by atoms with van der Waals surface area (Å²) < 4.78 is 57.3. The first-order valence-corrected chi connectivity index (χ1v) is 23.3. The zero-order chi connectivity index (χ0) is 40.5. The molecule has 4 atom stereocenters. The molecular weight excluding hydrogens is 783 g/mol. The fourth-order valence-electron chi connectivity index (χ4n) is 8.18. The fourth-order valence-corrected chi connectivity index (χ4v) is 13.3. The molecule has 0 bridgehead atoms. The lowest BCUT2D eigenvalue weighted by Gasteiger charge is -2.34. The molecule has 0 aromatic heterocycles. The fraction of sp³-hybridized carbons (Fsp3) is 0.0769. The summed E-state index contributed by atoms with van der Waals surface area (Å²) in [5, 5.41) is 1.27. The van der Waals surface area contributed by atoms with E-state index in [-0.39, 0.29) is 13.2 Å². The van der Waals surface area contributed by atoms with Crippen LogP contribution in [0.25, 0.3) is 33.4 Å². The molecule has 6 nitrogen and oxygen atoms in total. The van der Waals surface area contributed by atoms with Gasteiger partial charge in [-0.05, 0) is 68.8 Å². The van der Waals surface area contributed by atoms with E-state index in [4.69, 9.17) is 18.5 Å². The Labute approximate surface area is 349 Å². The molecule has 0 N–H and O–H groups in total. The van der Waals surface area contributed by atoms with Gasteiger partial charge in [0.1, 0.15) is 11.5 Å². The smallest absolute Gasteiger partial charge is 0.310 e. The van der Waals surface area contributed by atoms with Crippen molar-refractivity contribution >= 4 is 25.3 Å². The molecule has 0 saturated heterocycles. The molecule has 0 radical (unpaired) electrons. The van der Waals surface area contributed by atoms with Gasteiger partial charge in [-0.25, -0.2) is 0 Å². The lowest BCUT2D eigenvalue weighted by molar-refractivity contribution is 0.0858. The van der Waals surface area contributed by atoms with Gasteiger partial charge in [0.05, 0.1) is 23.8 Å². The predicted octanol–water partition coefficient (Wildman–Crippen LogP) is 13.1. The summed E-state index contributed by atoms with van der Waals surface area (Å²) in [5.41, 5.74) is 8.88. The molecule has 0 saturated carbocycles. The largest absolute Gasteiger partial charge is 0.437 e. The van der Waals surface area contributed by atoms with Gasteiger partial charge in [0.2, 0.25) is 0 Å². The molecule has 0 amide bonds. The maximum atomic E-state index is 15.4. The number of hydrogen-bond acceptors (Lipinski definition) is 6. The van der Waals surface area contributed by atoms with Crippen LogP contribution in [0.5, 0.6) is 11.5 Å². The number of ether oxygens (including phenoxy) is 2. The molecule has 8 aromatic carbocycles. The summed E-state index contributed by atoms with van der Waals surface area (Å²) >= 11 is 0. The Hall–Kier alpha value is -6.26. The SMILES string of the molecule is O=P1(C(OCc2ccccc2)c2ccc(-c3ccc(C(OCc4ccccc4)P4(=O)Oc5ccccc5-c5ccccc54)cc3)cc2)Oc2ccccc2-c2ccccc21. The van der Waals surface area contributed by atoms with E-state index >= 15 is 9.13 Å². The van der Waals surface area contributed by atoms with E-state index in [0.29, 0.717) is 22.1 Å². The third-order valence-corrected chi connectivity index (χ3v) is 16.3. The third-order valence-electron chi connectivity index (χ3n) is 11.1. The number of fused-ring (bicyclic) bond motifs is 6. The second-order valence-electron chi connectivity index (χ2n) is 14.9. The Morgan fingerprint density at radius 1 is 0.367 bits per heavy atom. The molecule has 294 valence electrons. The van der Waals surface area contributed by atoms with E-state index in [1.54, 1.807) is 0 Å². The minimum absolute atomic E-state index is 0.253. The van der Waals surface area contributed by atoms with Crippen molar-refractivity contribution in [2.45, 2.75) is 24.9 Å². The molecule has 60 heavy (non-hydrogen) atoms. The number of hydrogen-bond donors (Lipinski definition) is 0. The summed E-state index contributed by atoms with van der Waals surface area (Å²) in [6, 6.07) is 66.7. The van der Waals surface area contributed by atoms with Gasteiger partial charge in [0.25, 0.3) is 0 Å². The lowest BCUT2D eigenvalue weighted by atomic mass is 10.0. The van der Waals surface area contributed by atoms with Crippen molar-refractivity contribution in [1.29, 1.82) is 0 Å². The first-order chi connectivity index (χ1) is 29.5. The van der Waals surface area contributed by atoms with Gasteiger partial charge in [0.15, 0.2) is 11.7 Å². The first-order valence-electron chi connectivity index (χ1n) is 20.0. The van der Waals surface area contributed by atoms with E-state index in [9.17, 15) is 0 Å². The maximum Gasteiger partial charge on any atom is 0.310 e. The molecule has 8 aromatic rings. The Kier molecular flexibility index (Phi) is 10.2. The molecular formula is C52H40O6P2. The molecule has 2 aliphatic rings. The molecule has 8 heteroatoms. The van der Waals surface area contributed by atoms with E-state index in [2.05, 4.69) is 0 Å². The van der Waals surface area contributed by atoms with Gasteiger partial charge in [0, 0.05) is 11.1 Å². The molecule has 0 fully saturated rings. The first kappa shape index (κ1) is 38.0. The van der Waals surface area contributed by atoms with E-state index < -0.39 is 26.4 Å². The van der Waals surface area contributed by atoms with Crippen LogP contribution in [0, 0.1) is 0 Å². The van der Waals surface area contributed by atoms with Crippen molar-refractivity contribution in [1.82, 2.24) is 0 Å². The van der Waals surface area contributed by atoms with Crippen molar-refractivity contribution in [3.63, 3.8) is 0 Å². The van der Waals surface area contributed by atoms with Crippen LogP contribution in [0.2, 0.25) is 0 Å². The normalized spacial score (nSPS) is 18.3. The average Bonchev–Trinajstić information content (AvgIpc) is 3.30. The molecule has 2 aliphatic heterocycles. The highest BCUT2D eigenvalue weighted by Crippen LogP contribution is 2.65. The summed E-state index contributed by atoms with van der Waals surface area (Å²) in [5.74, 6) is -0.618. The molecule has 4 unspecified atom stereocenters. The van der Waals surface area contributed by atoms with Gasteiger partial charge >= 0.3 is 14.7 Å². The van der Waals surface area contributed by atoms with Gasteiger partial charge in [-0.2, -0.15) is 0 Å². The molecule has 2 heterocycles. The highest BCUT2D eigenvalue weighted by Gasteiger charge is 2.46. The van der Waals surface area contributed by atoms with Crippen molar-refractivity contribution in [3.05, 3.63) is 229 Å². The zero-order valence-corrected chi connectivity index (χ0v) is 34.3. The minimum atomic E-state index is -3.68. The summed E-state index contributed by atoms with van der Waals surface area (Å²) in [7, 11) is -7.35. The maximum absolute atomic E-state index is 15.4. The van der Waals surface area contributed by atoms with Crippen LogP contribution in [0.3, 0.4) is 0 Å². The van der Waals surface area contributed by atoms with Gasteiger partial charge in [-0.15, -0.1) is 0 Å². The Morgan fingerprint density at radius 3 is 1.10 bits per heavy atom. The Bertz CT molecular complexity index is 2700. The summed E-state index contributed by atoms with van der Waals surface area (Å²) in [4.78, 5) is 0. The quantitative estimate of drug-likeness (QED) is 0.121. The standard InChI is InChI=1S/C52H40O6P2/c53-59(49-25-13-9-21-45(49)43-19-7-11-23-47(43)57-59)51(55-35-37-15-3-1-4-16-37)41-31-27-39(28-32-41)40-29-33-42(34-30-40)52(56-36-38-17-5-2-6-18-38)60(54)50-26-14-10-22-46(50)44-20-8-12-24-48(44)58-60/h1-34,51-52H,35-36H2. The third kappa shape index (κ3) is 7.02. The predicted molar refractivity (Wildman–Crippen MR) is 239 cm³/mol. The number of para-hydroxylation sites is 2. The van der Waals surface area contributed by atoms with Crippen LogP contribution in [0.15, 0.2) is 206 Å². The Balaban J connectivity index is 0.987. The van der Waals surface area contributed by atoms with Gasteiger partial charge in [-0.3, -0.25) is 9.13 Å². The van der Waals surface area contributed by atoms with E-state index in [1.807, 2.05) is 206 Å². The Morgan fingerprint density at radius 2 is 0.700 bits per heavy atom. The van der Waals surface area contributed by atoms with Crippen LogP contribution in [0.1, 0.15) is 33.9 Å². The zero-order valence-electron chi connectivity index (χ0n) is 32.5. The van der Waals surface area contributed by atoms with Crippen molar-refractivity contribution < 1.29 is 27.7 Å². The van der Waals surface area contributed by atoms with Crippen LogP contribution in [0.4, 0.5) is 0 Å².